The van der Waals surface area contributed by atoms with E-state index >= 15 is 0 Å². The summed E-state index contributed by atoms with van der Waals surface area (Å²) in [6.07, 6.45) is -3.44. The average molecular weight is 481 g/mol. The van der Waals surface area contributed by atoms with Gasteiger partial charge in [-0.1, -0.05) is 23.7 Å². The molecule has 32 heavy (non-hydrogen) atoms. The van der Waals surface area contributed by atoms with Gasteiger partial charge in [0, 0.05) is 12.3 Å². The first-order valence-corrected chi connectivity index (χ1v) is 11.6. The zero-order valence-electron chi connectivity index (χ0n) is 16.8. The predicted molar refractivity (Wildman–Crippen MR) is 115 cm³/mol. The molecule has 0 atom stereocenters. The number of rotatable bonds is 4. The van der Waals surface area contributed by atoms with Crippen LogP contribution in [-0.4, -0.2) is 24.2 Å². The summed E-state index contributed by atoms with van der Waals surface area (Å²) in [6.45, 7) is 1.59. The molecule has 0 radical (unpaired) electrons. The van der Waals surface area contributed by atoms with Crippen molar-refractivity contribution in [3.8, 4) is 17.2 Å². The van der Waals surface area contributed by atoms with E-state index in [9.17, 15) is 21.6 Å². The number of halogens is 4. The van der Waals surface area contributed by atoms with E-state index in [1.54, 1.807) is 41.8 Å². The van der Waals surface area contributed by atoms with Crippen molar-refractivity contribution >= 4 is 32.5 Å². The maximum absolute atomic E-state index is 13.4. The van der Waals surface area contributed by atoms with E-state index in [2.05, 4.69) is 4.98 Å². The highest BCUT2D eigenvalue weighted by Crippen LogP contribution is 2.37. The number of hydrogen-bond acceptors (Lipinski definition) is 4. The molecule has 0 aliphatic rings. The van der Waals surface area contributed by atoms with Crippen molar-refractivity contribution < 1.29 is 26.3 Å². The van der Waals surface area contributed by atoms with Crippen LogP contribution in [-0.2, 0) is 16.0 Å². The van der Waals surface area contributed by atoms with Crippen LogP contribution in [0.25, 0.3) is 16.7 Å². The highest BCUT2D eigenvalue weighted by Gasteiger charge is 2.34. The van der Waals surface area contributed by atoms with E-state index in [1.807, 2.05) is 0 Å². The molecule has 1 heterocycles. The van der Waals surface area contributed by atoms with Gasteiger partial charge in [-0.25, -0.2) is 13.4 Å². The molecule has 4 rings (SSSR count). The molecule has 1 aromatic heterocycles. The molecule has 0 fully saturated rings. The van der Waals surface area contributed by atoms with E-state index in [-0.39, 0.29) is 21.0 Å². The van der Waals surface area contributed by atoms with Crippen molar-refractivity contribution in [2.24, 2.45) is 0 Å². The SMILES string of the molecule is Cc1nc2c(C(F)(F)F)cccc2n1-c1ccc(Oc2cccc(S(C)(=O)=O)c2)cc1Cl. The molecule has 0 aliphatic heterocycles. The number of alkyl halides is 3. The first kappa shape index (κ1) is 22.2. The monoisotopic (exact) mass is 480 g/mol. The minimum atomic E-state index is -4.53. The summed E-state index contributed by atoms with van der Waals surface area (Å²) in [6, 6.07) is 14.6. The van der Waals surface area contributed by atoms with Crippen molar-refractivity contribution in [2.45, 2.75) is 18.0 Å². The van der Waals surface area contributed by atoms with Crippen molar-refractivity contribution in [3.63, 3.8) is 0 Å². The van der Waals surface area contributed by atoms with Crippen molar-refractivity contribution in [1.29, 1.82) is 0 Å². The van der Waals surface area contributed by atoms with E-state index in [4.69, 9.17) is 16.3 Å². The van der Waals surface area contributed by atoms with Gasteiger partial charge in [-0.05, 0) is 49.4 Å². The Morgan fingerprint density at radius 1 is 1.00 bits per heavy atom. The van der Waals surface area contributed by atoms with Crippen molar-refractivity contribution in [2.75, 3.05) is 6.26 Å². The Morgan fingerprint density at radius 2 is 1.69 bits per heavy atom. The average Bonchev–Trinajstić information content (AvgIpc) is 3.02. The molecule has 0 spiro atoms. The van der Waals surface area contributed by atoms with Gasteiger partial charge in [0.05, 0.1) is 26.7 Å². The predicted octanol–water partition coefficient (Wildman–Crippen LogP) is 6.20. The lowest BCUT2D eigenvalue weighted by molar-refractivity contribution is -0.136. The molecule has 166 valence electrons. The Bertz CT molecular complexity index is 1450. The molecular formula is C22H16ClF3N2O3S. The van der Waals surface area contributed by atoms with Gasteiger partial charge in [0.2, 0.25) is 0 Å². The van der Waals surface area contributed by atoms with Gasteiger partial charge < -0.3 is 4.74 Å². The molecule has 0 unspecified atom stereocenters. The second kappa shape index (κ2) is 7.83. The highest BCUT2D eigenvalue weighted by atomic mass is 35.5. The fourth-order valence-electron chi connectivity index (χ4n) is 3.39. The lowest BCUT2D eigenvalue weighted by Gasteiger charge is -2.13. The fraction of sp³-hybridized carbons (Fsp3) is 0.136. The quantitative estimate of drug-likeness (QED) is 0.349. The van der Waals surface area contributed by atoms with Crippen molar-refractivity contribution in [3.05, 3.63) is 77.1 Å². The summed E-state index contributed by atoms with van der Waals surface area (Å²) in [4.78, 5) is 4.23. The number of benzene rings is 3. The number of nitrogens with zero attached hydrogens (tertiary/aromatic N) is 2. The second-order valence-corrected chi connectivity index (χ2v) is 9.55. The number of aromatic nitrogens is 2. The number of fused-ring (bicyclic) bond motifs is 1. The number of sulfone groups is 1. The first-order valence-electron chi connectivity index (χ1n) is 9.28. The smallest absolute Gasteiger partial charge is 0.418 e. The molecule has 4 aromatic rings. The van der Waals surface area contributed by atoms with E-state index in [1.165, 1.54) is 24.3 Å². The molecule has 0 saturated carbocycles. The van der Waals surface area contributed by atoms with Crippen molar-refractivity contribution in [1.82, 2.24) is 9.55 Å². The Balaban J connectivity index is 1.74. The standard InChI is InChI=1S/C22H16ClF3N2O3S/c1-13-27-21-17(22(24,25)26)7-4-8-20(21)28(13)19-10-9-15(12-18(19)23)31-14-5-3-6-16(11-14)32(2,29)30/h3-12H,1-2H3. The minimum absolute atomic E-state index is 0.110. The summed E-state index contributed by atoms with van der Waals surface area (Å²) in [5, 5.41) is 0.224. The number of para-hydroxylation sites is 1. The summed E-state index contributed by atoms with van der Waals surface area (Å²) in [5.74, 6) is 0.978. The van der Waals surface area contributed by atoms with Crippen LogP contribution in [0.3, 0.4) is 0 Å². The van der Waals surface area contributed by atoms with Crippen LogP contribution in [0, 0.1) is 6.92 Å². The van der Waals surface area contributed by atoms with Crippen LogP contribution in [0.4, 0.5) is 13.2 Å². The summed E-state index contributed by atoms with van der Waals surface area (Å²) in [5.41, 5.74) is -0.276. The number of ether oxygens (including phenoxy) is 1. The Labute approximate surface area is 186 Å². The molecule has 0 saturated heterocycles. The third-order valence-electron chi connectivity index (χ3n) is 4.79. The van der Waals surface area contributed by atoms with E-state index < -0.39 is 21.6 Å². The van der Waals surface area contributed by atoms with Crippen LogP contribution in [0.5, 0.6) is 11.5 Å². The molecule has 0 bridgehead atoms. The third kappa shape index (κ3) is 4.18. The van der Waals surface area contributed by atoms with Gasteiger partial charge in [-0.3, -0.25) is 4.57 Å². The van der Waals surface area contributed by atoms with Gasteiger partial charge in [0.15, 0.2) is 9.84 Å². The van der Waals surface area contributed by atoms with Gasteiger partial charge in [0.25, 0.3) is 0 Å². The van der Waals surface area contributed by atoms with Crippen LogP contribution in [0.1, 0.15) is 11.4 Å². The molecule has 3 aromatic carbocycles. The van der Waals surface area contributed by atoms with Gasteiger partial charge >= 0.3 is 6.18 Å². The molecule has 0 aliphatic carbocycles. The van der Waals surface area contributed by atoms with Crippen LogP contribution < -0.4 is 4.74 Å². The highest BCUT2D eigenvalue weighted by molar-refractivity contribution is 7.90. The van der Waals surface area contributed by atoms with E-state index in [0.717, 1.165) is 12.3 Å². The van der Waals surface area contributed by atoms with Gasteiger partial charge in [-0.15, -0.1) is 0 Å². The van der Waals surface area contributed by atoms with Gasteiger partial charge in [0.1, 0.15) is 22.8 Å². The summed E-state index contributed by atoms with van der Waals surface area (Å²) >= 11 is 6.45. The zero-order valence-corrected chi connectivity index (χ0v) is 18.4. The second-order valence-electron chi connectivity index (χ2n) is 7.13. The molecule has 0 amide bonds. The van der Waals surface area contributed by atoms with Crippen LogP contribution in [0.15, 0.2) is 65.6 Å². The number of aryl methyl sites for hydroxylation is 1. The molecule has 5 nitrogen and oxygen atoms in total. The molecular weight excluding hydrogens is 465 g/mol. The fourth-order valence-corrected chi connectivity index (χ4v) is 4.30. The lowest BCUT2D eigenvalue weighted by atomic mass is 10.1. The first-order chi connectivity index (χ1) is 14.9. The minimum Gasteiger partial charge on any atom is -0.457 e. The Morgan fingerprint density at radius 3 is 2.34 bits per heavy atom. The number of imidazole rings is 1. The van der Waals surface area contributed by atoms with E-state index in [0.29, 0.717) is 23.0 Å². The largest absolute Gasteiger partial charge is 0.457 e. The number of hydrogen-bond donors (Lipinski definition) is 0. The third-order valence-corrected chi connectivity index (χ3v) is 6.20. The normalized spacial score (nSPS) is 12.3. The Kier molecular flexibility index (Phi) is 5.42. The molecule has 0 N–H and O–H groups in total. The maximum atomic E-state index is 13.4. The van der Waals surface area contributed by atoms with Crippen LogP contribution in [0.2, 0.25) is 5.02 Å². The van der Waals surface area contributed by atoms with Gasteiger partial charge in [-0.2, -0.15) is 13.2 Å². The lowest BCUT2D eigenvalue weighted by Crippen LogP contribution is -2.05. The molecule has 10 heteroatoms. The summed E-state index contributed by atoms with van der Waals surface area (Å²) < 4.78 is 70.9. The topological polar surface area (TPSA) is 61.2 Å². The maximum Gasteiger partial charge on any atom is 0.418 e. The van der Waals surface area contributed by atoms with Crippen LogP contribution >= 0.6 is 11.6 Å². The zero-order chi connectivity index (χ0) is 23.3. The Hall–Kier alpha value is -3.04. The summed E-state index contributed by atoms with van der Waals surface area (Å²) in [7, 11) is -3.40.